The minimum absolute atomic E-state index is 0.603. The summed E-state index contributed by atoms with van der Waals surface area (Å²) in [5.41, 5.74) is 8.11. The molecule has 0 unspecified atom stereocenters. The van der Waals surface area contributed by atoms with Gasteiger partial charge in [0.15, 0.2) is 0 Å². The van der Waals surface area contributed by atoms with Crippen molar-refractivity contribution in [3.63, 3.8) is 0 Å². The Morgan fingerprint density at radius 1 is 0.720 bits per heavy atom. The van der Waals surface area contributed by atoms with Crippen molar-refractivity contribution in [1.29, 1.82) is 0 Å². The first-order valence-corrected chi connectivity index (χ1v) is 9.25. The predicted octanol–water partition coefficient (Wildman–Crippen LogP) is 1.46. The molecule has 0 amide bonds. The molecule has 2 N–H and O–H groups in total. The van der Waals surface area contributed by atoms with E-state index >= 15 is 0 Å². The van der Waals surface area contributed by atoms with Crippen LogP contribution in [0.15, 0.2) is 24.3 Å². The molecule has 1 aliphatic rings. The standard InChI is InChI=1S/C19H32N2O4/c20-7-1-2-18-3-5-19(6-4-18)21-8-10-22-12-14-24-16-17-25-15-13-23-11-9-21/h3-6H,1-2,7-17,20H2. The van der Waals surface area contributed by atoms with Gasteiger partial charge in [-0.2, -0.15) is 0 Å². The van der Waals surface area contributed by atoms with Gasteiger partial charge >= 0.3 is 0 Å². The second-order valence-electron chi connectivity index (χ2n) is 6.00. The van der Waals surface area contributed by atoms with E-state index in [0.29, 0.717) is 52.9 Å². The highest BCUT2D eigenvalue weighted by atomic mass is 16.6. The lowest BCUT2D eigenvalue weighted by Gasteiger charge is -2.25. The molecule has 1 aliphatic heterocycles. The molecule has 1 saturated heterocycles. The van der Waals surface area contributed by atoms with Gasteiger partial charge < -0.3 is 29.6 Å². The molecule has 0 spiro atoms. The number of nitrogens with two attached hydrogens (primary N) is 1. The van der Waals surface area contributed by atoms with Crippen molar-refractivity contribution in [2.45, 2.75) is 12.8 Å². The third-order valence-electron chi connectivity index (χ3n) is 4.10. The largest absolute Gasteiger partial charge is 0.377 e. The number of hydrogen-bond acceptors (Lipinski definition) is 6. The van der Waals surface area contributed by atoms with Crippen molar-refractivity contribution >= 4 is 5.69 Å². The van der Waals surface area contributed by atoms with E-state index in [1.165, 1.54) is 11.3 Å². The minimum atomic E-state index is 0.603. The molecule has 1 aromatic rings. The molecule has 6 heteroatoms. The van der Waals surface area contributed by atoms with Gasteiger partial charge in [-0.3, -0.25) is 0 Å². The van der Waals surface area contributed by atoms with Crippen LogP contribution in [0.3, 0.4) is 0 Å². The lowest BCUT2D eigenvalue weighted by Crippen LogP contribution is -2.31. The van der Waals surface area contributed by atoms with Crippen LogP contribution in [0.4, 0.5) is 5.69 Å². The molecular formula is C19H32N2O4. The smallest absolute Gasteiger partial charge is 0.0701 e. The van der Waals surface area contributed by atoms with Gasteiger partial charge in [-0.15, -0.1) is 0 Å². The summed E-state index contributed by atoms with van der Waals surface area (Å²) >= 11 is 0. The molecule has 0 atom stereocenters. The van der Waals surface area contributed by atoms with E-state index in [4.69, 9.17) is 24.7 Å². The van der Waals surface area contributed by atoms with Crippen LogP contribution < -0.4 is 10.6 Å². The van der Waals surface area contributed by atoms with Gasteiger partial charge in [0.2, 0.25) is 0 Å². The quantitative estimate of drug-likeness (QED) is 0.885. The van der Waals surface area contributed by atoms with Crippen molar-refractivity contribution in [2.24, 2.45) is 5.73 Å². The first-order chi connectivity index (χ1) is 12.4. The highest BCUT2D eigenvalue weighted by Crippen LogP contribution is 2.16. The van der Waals surface area contributed by atoms with Crippen LogP contribution in [0, 0.1) is 0 Å². The molecule has 0 aliphatic carbocycles. The fraction of sp³-hybridized carbons (Fsp3) is 0.684. The highest BCUT2D eigenvalue weighted by molar-refractivity contribution is 5.47. The van der Waals surface area contributed by atoms with Crippen molar-refractivity contribution in [3.05, 3.63) is 29.8 Å². The van der Waals surface area contributed by atoms with Crippen LogP contribution >= 0.6 is 0 Å². The molecule has 6 nitrogen and oxygen atoms in total. The molecule has 1 aromatic carbocycles. The lowest BCUT2D eigenvalue weighted by molar-refractivity contribution is 0.00206. The zero-order valence-electron chi connectivity index (χ0n) is 15.2. The van der Waals surface area contributed by atoms with Crippen LogP contribution in [-0.4, -0.2) is 72.5 Å². The van der Waals surface area contributed by atoms with Crippen LogP contribution in [0.5, 0.6) is 0 Å². The molecule has 2 rings (SSSR count). The van der Waals surface area contributed by atoms with Crippen molar-refractivity contribution in [1.82, 2.24) is 0 Å². The Bertz CT molecular complexity index is 426. The monoisotopic (exact) mass is 352 g/mol. The van der Waals surface area contributed by atoms with Crippen LogP contribution in [-0.2, 0) is 25.4 Å². The van der Waals surface area contributed by atoms with Gasteiger partial charge in [-0.25, -0.2) is 0 Å². The fourth-order valence-corrected chi connectivity index (χ4v) is 2.66. The zero-order chi connectivity index (χ0) is 17.6. The van der Waals surface area contributed by atoms with Crippen molar-refractivity contribution in [2.75, 3.05) is 77.4 Å². The normalized spacial score (nSPS) is 19.2. The van der Waals surface area contributed by atoms with Gasteiger partial charge in [0.25, 0.3) is 0 Å². The maximum absolute atomic E-state index is 5.68. The van der Waals surface area contributed by atoms with Crippen LogP contribution in [0.25, 0.3) is 0 Å². The van der Waals surface area contributed by atoms with E-state index in [1.54, 1.807) is 0 Å². The maximum Gasteiger partial charge on any atom is 0.0701 e. The molecule has 1 fully saturated rings. The average molecular weight is 352 g/mol. The van der Waals surface area contributed by atoms with Gasteiger partial charge in [0.05, 0.1) is 52.9 Å². The van der Waals surface area contributed by atoms with E-state index in [9.17, 15) is 0 Å². The molecule has 142 valence electrons. The SMILES string of the molecule is NCCCc1ccc(N2CCOCCOCCOCCOCC2)cc1. The Labute approximate surface area is 151 Å². The minimum Gasteiger partial charge on any atom is -0.377 e. The topological polar surface area (TPSA) is 66.2 Å². The first-order valence-electron chi connectivity index (χ1n) is 9.25. The van der Waals surface area contributed by atoms with E-state index < -0.39 is 0 Å². The summed E-state index contributed by atoms with van der Waals surface area (Å²) in [5, 5.41) is 0. The molecule has 1 heterocycles. The third-order valence-corrected chi connectivity index (χ3v) is 4.10. The maximum atomic E-state index is 5.68. The average Bonchev–Trinajstić information content (AvgIpc) is 2.66. The molecule has 0 aromatic heterocycles. The molecule has 0 radical (unpaired) electrons. The van der Waals surface area contributed by atoms with Gasteiger partial charge in [0.1, 0.15) is 0 Å². The van der Waals surface area contributed by atoms with Crippen LogP contribution in [0.1, 0.15) is 12.0 Å². The Hall–Kier alpha value is -1.18. The summed E-state index contributed by atoms with van der Waals surface area (Å²) in [4.78, 5) is 2.30. The van der Waals surface area contributed by atoms with E-state index in [-0.39, 0.29) is 0 Å². The second kappa shape index (κ2) is 13.1. The summed E-state index contributed by atoms with van der Waals surface area (Å²) < 4.78 is 22.3. The van der Waals surface area contributed by atoms with Crippen molar-refractivity contribution < 1.29 is 18.9 Å². The van der Waals surface area contributed by atoms with E-state index in [0.717, 1.165) is 32.5 Å². The number of aryl methyl sites for hydroxylation is 1. The predicted molar refractivity (Wildman–Crippen MR) is 99.3 cm³/mol. The summed E-state index contributed by atoms with van der Waals surface area (Å²) in [6, 6.07) is 8.71. The lowest BCUT2D eigenvalue weighted by atomic mass is 10.1. The molecule has 0 bridgehead atoms. The van der Waals surface area contributed by atoms with E-state index in [1.807, 2.05) is 0 Å². The Morgan fingerprint density at radius 2 is 1.20 bits per heavy atom. The third kappa shape index (κ3) is 8.65. The summed E-state index contributed by atoms with van der Waals surface area (Å²) in [7, 11) is 0. The Morgan fingerprint density at radius 3 is 1.68 bits per heavy atom. The zero-order valence-corrected chi connectivity index (χ0v) is 15.2. The number of rotatable bonds is 4. The van der Waals surface area contributed by atoms with E-state index in [2.05, 4.69) is 29.2 Å². The number of nitrogens with zero attached hydrogens (tertiary/aromatic N) is 1. The van der Waals surface area contributed by atoms with Gasteiger partial charge in [0, 0.05) is 18.8 Å². The number of ether oxygens (including phenoxy) is 4. The fourth-order valence-electron chi connectivity index (χ4n) is 2.66. The van der Waals surface area contributed by atoms with Crippen LogP contribution in [0.2, 0.25) is 0 Å². The second-order valence-corrected chi connectivity index (χ2v) is 6.00. The molecule has 0 saturated carbocycles. The van der Waals surface area contributed by atoms with Gasteiger partial charge in [-0.05, 0) is 37.1 Å². The number of anilines is 1. The molecular weight excluding hydrogens is 320 g/mol. The first kappa shape index (κ1) is 20.1. The number of benzene rings is 1. The Kier molecular flexibility index (Phi) is 10.5. The molecule has 25 heavy (non-hydrogen) atoms. The van der Waals surface area contributed by atoms with Gasteiger partial charge in [-0.1, -0.05) is 12.1 Å². The van der Waals surface area contributed by atoms with Crippen molar-refractivity contribution in [3.8, 4) is 0 Å². The summed E-state index contributed by atoms with van der Waals surface area (Å²) in [6.45, 7) is 7.40. The number of hydrogen-bond donors (Lipinski definition) is 1. The summed E-state index contributed by atoms with van der Waals surface area (Å²) in [5.74, 6) is 0. The summed E-state index contributed by atoms with van der Waals surface area (Å²) in [6.07, 6.45) is 2.05. The Balaban J connectivity index is 1.87. The highest BCUT2D eigenvalue weighted by Gasteiger charge is 2.07.